The quantitative estimate of drug-likeness (QED) is 0.436. The normalized spacial score (nSPS) is 10.8. The Hall–Kier alpha value is -3.82. The van der Waals surface area contributed by atoms with Crippen molar-refractivity contribution in [2.24, 2.45) is 0 Å². The van der Waals surface area contributed by atoms with Crippen LogP contribution in [0.15, 0.2) is 47.4 Å². The Morgan fingerprint density at radius 3 is 2.24 bits per heavy atom. The summed E-state index contributed by atoms with van der Waals surface area (Å²) < 4.78 is 21.7. The van der Waals surface area contributed by atoms with Crippen LogP contribution in [0.5, 0.6) is 5.75 Å². The van der Waals surface area contributed by atoms with E-state index in [1.807, 2.05) is 6.07 Å². The van der Waals surface area contributed by atoms with Crippen LogP contribution >= 0.6 is 0 Å². The van der Waals surface area contributed by atoms with Gasteiger partial charge < -0.3 is 18.9 Å². The summed E-state index contributed by atoms with van der Waals surface area (Å²) in [6.07, 6.45) is 0.169. The second-order valence-corrected chi connectivity index (χ2v) is 7.90. The summed E-state index contributed by atoms with van der Waals surface area (Å²) in [7, 11) is 2.35. The summed E-state index contributed by atoms with van der Waals surface area (Å²) in [5, 5.41) is 1.00. The van der Waals surface area contributed by atoms with Crippen molar-refractivity contribution in [3.8, 4) is 5.75 Å². The number of pyridine rings is 1. The molecule has 178 valence electrons. The molecule has 0 saturated carbocycles. The molecule has 0 N–H and O–H groups in total. The number of hydrogen-bond donors (Lipinski definition) is 0. The van der Waals surface area contributed by atoms with Crippen molar-refractivity contribution in [1.29, 1.82) is 0 Å². The molecule has 1 aromatic carbocycles. The lowest BCUT2D eigenvalue weighted by atomic mass is 10.2. The van der Waals surface area contributed by atoms with Crippen molar-refractivity contribution in [3.63, 3.8) is 0 Å². The number of aromatic nitrogens is 1. The number of carbonyl (C=O) groups is 3. The van der Waals surface area contributed by atoms with Crippen LogP contribution in [0.2, 0.25) is 0 Å². The number of methoxy groups -OCH3 is 2. The molecule has 1 amide bonds. The first-order valence-electron chi connectivity index (χ1n) is 10.2. The average molecular weight is 460 g/mol. The highest BCUT2D eigenvalue weighted by molar-refractivity contribution is 5.92. The van der Waals surface area contributed by atoms with E-state index in [0.717, 1.165) is 28.4 Å². The van der Waals surface area contributed by atoms with Crippen LogP contribution in [0.3, 0.4) is 0 Å². The number of hydrogen-bond acceptors (Lipinski definition) is 8. The van der Waals surface area contributed by atoms with Gasteiger partial charge in [0.2, 0.25) is 5.43 Å². The minimum atomic E-state index is -0.914. The lowest BCUT2D eigenvalue weighted by Gasteiger charge is -2.30. The molecule has 0 spiro atoms. The summed E-state index contributed by atoms with van der Waals surface area (Å²) in [5.74, 6) is -1.80. The zero-order chi connectivity index (χ0) is 24.6. The molecule has 0 aliphatic carbocycles. The molecule has 0 bridgehead atoms. The molecule has 10 nitrogen and oxygen atoms in total. The summed E-state index contributed by atoms with van der Waals surface area (Å²) in [4.78, 5) is 50.0. The van der Waals surface area contributed by atoms with Crippen LogP contribution in [0.4, 0.5) is 4.79 Å². The maximum Gasteiger partial charge on any atom is 0.429 e. The average Bonchev–Trinajstić information content (AvgIpc) is 2.77. The van der Waals surface area contributed by atoms with Crippen LogP contribution in [0.1, 0.15) is 43.2 Å². The van der Waals surface area contributed by atoms with E-state index in [-0.39, 0.29) is 31.0 Å². The fourth-order valence-electron chi connectivity index (χ4n) is 2.76. The van der Waals surface area contributed by atoms with E-state index in [0.29, 0.717) is 0 Å². The number of amides is 1. The molecule has 0 unspecified atom stereocenters. The van der Waals surface area contributed by atoms with Crippen molar-refractivity contribution in [2.75, 3.05) is 25.8 Å². The monoisotopic (exact) mass is 460 g/mol. The van der Waals surface area contributed by atoms with Crippen LogP contribution < -0.4 is 15.2 Å². The standard InChI is InChI=1S/C23H28N2O8/c1-23(2,3)33-22(29)25(14-12-18(27)30-4)24-13-11-17(26)20(19(24)21(28)31-5)32-15-16-9-7-6-8-10-16/h6-11,13H,12,14-15H2,1-5H3. The van der Waals surface area contributed by atoms with E-state index < -0.39 is 29.1 Å². The Bertz CT molecular complexity index is 1040. The van der Waals surface area contributed by atoms with Gasteiger partial charge in [-0.25, -0.2) is 19.3 Å². The van der Waals surface area contributed by atoms with Crippen molar-refractivity contribution in [2.45, 2.75) is 39.4 Å². The van der Waals surface area contributed by atoms with Crippen LogP contribution in [-0.4, -0.2) is 49.1 Å². The van der Waals surface area contributed by atoms with Crippen molar-refractivity contribution < 1.29 is 33.3 Å². The van der Waals surface area contributed by atoms with Crippen LogP contribution in [0.25, 0.3) is 0 Å². The minimum Gasteiger partial charge on any atom is -0.482 e. The van der Waals surface area contributed by atoms with Gasteiger partial charge in [0.05, 0.1) is 27.2 Å². The number of rotatable bonds is 8. The Labute approximate surface area is 191 Å². The van der Waals surface area contributed by atoms with Crippen molar-refractivity contribution in [3.05, 3.63) is 64.1 Å². The lowest BCUT2D eigenvalue weighted by Crippen LogP contribution is -2.47. The zero-order valence-corrected chi connectivity index (χ0v) is 19.3. The van der Waals surface area contributed by atoms with Gasteiger partial charge in [0.25, 0.3) is 0 Å². The highest BCUT2D eigenvalue weighted by atomic mass is 16.6. The van der Waals surface area contributed by atoms with Gasteiger partial charge in [0, 0.05) is 12.3 Å². The van der Waals surface area contributed by atoms with Gasteiger partial charge in [0.1, 0.15) is 12.2 Å². The van der Waals surface area contributed by atoms with Crippen LogP contribution in [-0.2, 0) is 25.6 Å². The molecule has 33 heavy (non-hydrogen) atoms. The molecule has 0 aliphatic rings. The molecule has 1 aromatic heterocycles. The maximum atomic E-state index is 13.0. The van der Waals surface area contributed by atoms with Gasteiger partial charge in [-0.1, -0.05) is 30.3 Å². The SMILES string of the molecule is COC(=O)CCN(C(=O)OC(C)(C)C)n1ccc(=O)c(OCc2ccccc2)c1C(=O)OC. The third-order valence-electron chi connectivity index (χ3n) is 4.26. The highest BCUT2D eigenvalue weighted by Crippen LogP contribution is 2.19. The first kappa shape index (κ1) is 25.4. The van der Waals surface area contributed by atoms with E-state index in [2.05, 4.69) is 4.74 Å². The predicted molar refractivity (Wildman–Crippen MR) is 119 cm³/mol. The third-order valence-corrected chi connectivity index (χ3v) is 4.26. The molecule has 0 atom stereocenters. The number of esters is 2. The first-order chi connectivity index (χ1) is 15.6. The van der Waals surface area contributed by atoms with Crippen molar-refractivity contribution in [1.82, 2.24) is 4.68 Å². The lowest BCUT2D eigenvalue weighted by molar-refractivity contribution is -0.140. The molecule has 1 heterocycles. The summed E-state index contributed by atoms with van der Waals surface area (Å²) in [6.45, 7) is 4.81. The molecule has 10 heteroatoms. The van der Waals surface area contributed by atoms with Gasteiger partial charge >= 0.3 is 18.0 Å². The second kappa shape index (κ2) is 11.2. The third kappa shape index (κ3) is 7.09. The van der Waals surface area contributed by atoms with E-state index in [4.69, 9.17) is 14.2 Å². The topological polar surface area (TPSA) is 113 Å². The van der Waals surface area contributed by atoms with E-state index >= 15 is 0 Å². The number of nitrogens with zero attached hydrogens (tertiary/aromatic N) is 2. The van der Waals surface area contributed by atoms with E-state index in [1.54, 1.807) is 45.0 Å². The Morgan fingerprint density at radius 2 is 1.67 bits per heavy atom. The van der Waals surface area contributed by atoms with Crippen LogP contribution in [0, 0.1) is 0 Å². The zero-order valence-electron chi connectivity index (χ0n) is 19.3. The second-order valence-electron chi connectivity index (χ2n) is 7.90. The Kier molecular flexibility index (Phi) is 8.61. The summed E-state index contributed by atoms with van der Waals surface area (Å²) in [6, 6.07) is 10.2. The first-order valence-corrected chi connectivity index (χ1v) is 10.2. The number of benzene rings is 1. The van der Waals surface area contributed by atoms with Gasteiger partial charge in [-0.05, 0) is 26.3 Å². The number of carbonyl (C=O) groups excluding carboxylic acids is 3. The van der Waals surface area contributed by atoms with Gasteiger partial charge in [-0.2, -0.15) is 0 Å². The number of ether oxygens (including phenoxy) is 4. The Morgan fingerprint density at radius 1 is 1.00 bits per heavy atom. The molecule has 0 saturated heterocycles. The summed E-state index contributed by atoms with van der Waals surface area (Å²) >= 11 is 0. The molecule has 0 aliphatic heterocycles. The Balaban J connectivity index is 2.55. The predicted octanol–water partition coefficient (Wildman–Crippen LogP) is 2.65. The molecule has 2 aromatic rings. The van der Waals surface area contributed by atoms with Gasteiger partial charge in [0.15, 0.2) is 11.4 Å². The summed E-state index contributed by atoms with van der Waals surface area (Å²) in [5.41, 5.74) is -1.01. The minimum absolute atomic E-state index is 0.00130. The molecular weight excluding hydrogens is 432 g/mol. The fourth-order valence-corrected chi connectivity index (χ4v) is 2.76. The maximum absolute atomic E-state index is 13.0. The van der Waals surface area contributed by atoms with E-state index in [1.165, 1.54) is 13.3 Å². The van der Waals surface area contributed by atoms with E-state index in [9.17, 15) is 19.2 Å². The molecule has 2 rings (SSSR count). The van der Waals surface area contributed by atoms with Crippen molar-refractivity contribution >= 4 is 18.0 Å². The highest BCUT2D eigenvalue weighted by Gasteiger charge is 2.30. The van der Waals surface area contributed by atoms with Gasteiger partial charge in [-0.15, -0.1) is 0 Å². The molecule has 0 fully saturated rings. The molecule has 0 radical (unpaired) electrons. The van der Waals surface area contributed by atoms with Gasteiger partial charge in [-0.3, -0.25) is 9.59 Å². The fraction of sp³-hybridized carbons (Fsp3) is 0.391. The smallest absolute Gasteiger partial charge is 0.429 e. The molecular formula is C23H28N2O8. The largest absolute Gasteiger partial charge is 0.482 e.